The van der Waals surface area contributed by atoms with Crippen LogP contribution in [0.25, 0.3) is 0 Å². The van der Waals surface area contributed by atoms with Crippen molar-refractivity contribution in [1.29, 1.82) is 0 Å². The Balaban J connectivity index is 2.08. The molecule has 1 heterocycles. The van der Waals surface area contributed by atoms with E-state index >= 15 is 0 Å². The van der Waals surface area contributed by atoms with Crippen molar-refractivity contribution in [3.63, 3.8) is 0 Å². The van der Waals surface area contributed by atoms with Gasteiger partial charge in [-0.25, -0.2) is 4.79 Å². The highest BCUT2D eigenvalue weighted by molar-refractivity contribution is 8.03. The maximum Gasteiger partial charge on any atom is 0.319 e. The summed E-state index contributed by atoms with van der Waals surface area (Å²) in [5.41, 5.74) is 7.57. The normalized spacial score (nSPS) is 18.9. The number of nitrogens with one attached hydrogen (secondary N) is 3. The SMILES string of the molecule is CCC(CC)NC(=O)Nc1ccc(OC2(N)NC=CS2)c(COC)c1. The van der Waals surface area contributed by atoms with Crippen LogP contribution in [0.5, 0.6) is 5.75 Å². The minimum atomic E-state index is -1.04. The Labute approximate surface area is 152 Å². The van der Waals surface area contributed by atoms with Gasteiger partial charge in [0.2, 0.25) is 0 Å². The number of benzene rings is 1. The van der Waals surface area contributed by atoms with Crippen LogP contribution >= 0.6 is 11.8 Å². The van der Waals surface area contributed by atoms with Gasteiger partial charge in [-0.05, 0) is 48.2 Å². The Hall–Kier alpha value is -1.90. The number of carbonyl (C=O) groups excluding carboxylic acids is 1. The topological polar surface area (TPSA) is 97.6 Å². The zero-order chi connectivity index (χ0) is 18.3. The van der Waals surface area contributed by atoms with Gasteiger partial charge in [-0.15, -0.1) is 0 Å². The molecule has 0 bridgehead atoms. The van der Waals surface area contributed by atoms with Gasteiger partial charge in [0.15, 0.2) is 0 Å². The quantitative estimate of drug-likeness (QED) is 0.528. The first-order chi connectivity index (χ1) is 12.0. The van der Waals surface area contributed by atoms with Gasteiger partial charge in [-0.1, -0.05) is 13.8 Å². The molecule has 2 rings (SSSR count). The van der Waals surface area contributed by atoms with Gasteiger partial charge >= 0.3 is 6.03 Å². The standard InChI is InChI=1S/C17H26N4O3S/c1-4-13(5-2)20-16(22)21-14-6-7-15(12(10-14)11-23-3)24-17(18)19-8-9-25-17/h6-10,13,19H,4-5,11,18H2,1-3H3,(H2,20,21,22). The van der Waals surface area contributed by atoms with Crippen LogP contribution in [0.15, 0.2) is 29.8 Å². The van der Waals surface area contributed by atoms with Crippen LogP contribution < -0.4 is 26.4 Å². The summed E-state index contributed by atoms with van der Waals surface area (Å²) in [4.78, 5) is 12.1. The Morgan fingerprint density at radius 2 is 2.16 bits per heavy atom. The lowest BCUT2D eigenvalue weighted by atomic mass is 10.1. The monoisotopic (exact) mass is 366 g/mol. The van der Waals surface area contributed by atoms with Crippen molar-refractivity contribution >= 4 is 23.5 Å². The molecule has 5 N–H and O–H groups in total. The van der Waals surface area contributed by atoms with Crippen molar-refractivity contribution in [2.45, 2.75) is 44.5 Å². The van der Waals surface area contributed by atoms with E-state index in [-0.39, 0.29) is 12.1 Å². The third-order valence-electron chi connectivity index (χ3n) is 3.80. The van der Waals surface area contributed by atoms with Gasteiger partial charge in [0.1, 0.15) is 5.75 Å². The first-order valence-corrected chi connectivity index (χ1v) is 9.15. The molecule has 1 aliphatic rings. The molecular formula is C17H26N4O3S. The first-order valence-electron chi connectivity index (χ1n) is 8.27. The van der Waals surface area contributed by atoms with Gasteiger partial charge in [0, 0.05) is 30.6 Å². The van der Waals surface area contributed by atoms with Crippen LogP contribution in [-0.4, -0.2) is 24.4 Å². The van der Waals surface area contributed by atoms with Crippen LogP contribution in [0.3, 0.4) is 0 Å². The van der Waals surface area contributed by atoms with E-state index in [1.807, 2.05) is 25.3 Å². The molecular weight excluding hydrogens is 340 g/mol. The molecule has 8 heteroatoms. The molecule has 1 atom stereocenters. The number of hydrogen-bond donors (Lipinski definition) is 4. The third-order valence-corrected chi connectivity index (χ3v) is 4.62. The lowest BCUT2D eigenvalue weighted by Crippen LogP contribution is -2.50. The lowest BCUT2D eigenvalue weighted by Gasteiger charge is -2.26. The highest BCUT2D eigenvalue weighted by Crippen LogP contribution is 2.31. The second kappa shape index (κ2) is 8.98. The van der Waals surface area contributed by atoms with Crippen LogP contribution in [0, 0.1) is 0 Å². The average molecular weight is 366 g/mol. The van der Waals surface area contributed by atoms with Crippen molar-refractivity contribution < 1.29 is 14.3 Å². The number of amides is 2. The average Bonchev–Trinajstić information content (AvgIpc) is 3.01. The van der Waals surface area contributed by atoms with Crippen LogP contribution in [-0.2, 0) is 11.3 Å². The molecule has 0 aliphatic carbocycles. The number of rotatable bonds is 8. The molecule has 138 valence electrons. The number of thioether (sulfide) groups is 1. The van der Waals surface area contributed by atoms with E-state index in [1.165, 1.54) is 11.8 Å². The largest absolute Gasteiger partial charge is 0.445 e. The van der Waals surface area contributed by atoms with Gasteiger partial charge in [0.05, 0.1) is 6.61 Å². The van der Waals surface area contributed by atoms with Crippen molar-refractivity contribution in [3.8, 4) is 5.75 Å². The second-order valence-corrected chi connectivity index (χ2v) is 6.82. The molecule has 0 aromatic heterocycles. The fourth-order valence-corrected chi connectivity index (χ4v) is 3.02. The van der Waals surface area contributed by atoms with E-state index < -0.39 is 5.18 Å². The van der Waals surface area contributed by atoms with E-state index in [0.717, 1.165) is 18.4 Å². The minimum absolute atomic E-state index is 0.163. The number of carbonyl (C=O) groups is 1. The fourth-order valence-electron chi connectivity index (χ4n) is 2.41. The molecule has 1 aromatic rings. The Bertz CT molecular complexity index is 612. The molecule has 0 spiro atoms. The van der Waals surface area contributed by atoms with Gasteiger partial charge in [-0.2, -0.15) is 0 Å². The summed E-state index contributed by atoms with van der Waals surface area (Å²) in [5.74, 6) is 0.596. The summed E-state index contributed by atoms with van der Waals surface area (Å²) in [7, 11) is 1.60. The number of urea groups is 1. The predicted octanol–water partition coefficient (Wildman–Crippen LogP) is 2.90. The number of anilines is 1. The predicted molar refractivity (Wildman–Crippen MR) is 101 cm³/mol. The van der Waals surface area contributed by atoms with Crippen molar-refractivity contribution in [3.05, 3.63) is 35.4 Å². The molecule has 1 unspecified atom stereocenters. The van der Waals surface area contributed by atoms with Crippen LogP contribution in [0.4, 0.5) is 10.5 Å². The molecule has 2 amide bonds. The van der Waals surface area contributed by atoms with Crippen molar-refractivity contribution in [2.75, 3.05) is 12.4 Å². The minimum Gasteiger partial charge on any atom is -0.445 e. The lowest BCUT2D eigenvalue weighted by molar-refractivity contribution is 0.141. The summed E-state index contributed by atoms with van der Waals surface area (Å²) in [6, 6.07) is 5.31. The Kier molecular flexibility index (Phi) is 6.98. The zero-order valence-electron chi connectivity index (χ0n) is 14.8. The summed E-state index contributed by atoms with van der Waals surface area (Å²) < 4.78 is 11.1. The molecule has 1 aliphatic heterocycles. The summed E-state index contributed by atoms with van der Waals surface area (Å²) in [5, 5.41) is 9.53. The van der Waals surface area contributed by atoms with Crippen molar-refractivity contribution in [2.24, 2.45) is 5.73 Å². The number of nitrogens with two attached hydrogens (primary N) is 1. The van der Waals surface area contributed by atoms with E-state index in [9.17, 15) is 4.79 Å². The smallest absolute Gasteiger partial charge is 0.319 e. The van der Waals surface area contributed by atoms with E-state index in [1.54, 1.807) is 25.4 Å². The summed E-state index contributed by atoms with van der Waals surface area (Å²) in [6.45, 7) is 4.43. The van der Waals surface area contributed by atoms with Gasteiger partial charge < -0.3 is 25.4 Å². The molecule has 0 saturated carbocycles. The van der Waals surface area contributed by atoms with Crippen LogP contribution in [0.2, 0.25) is 0 Å². The zero-order valence-corrected chi connectivity index (χ0v) is 15.6. The maximum atomic E-state index is 12.1. The highest BCUT2D eigenvalue weighted by Gasteiger charge is 2.30. The molecule has 0 saturated heterocycles. The van der Waals surface area contributed by atoms with Crippen LogP contribution in [0.1, 0.15) is 32.3 Å². The summed E-state index contributed by atoms with van der Waals surface area (Å²) in [6.07, 6.45) is 3.52. The van der Waals surface area contributed by atoms with E-state index in [4.69, 9.17) is 15.2 Å². The molecule has 0 fully saturated rings. The van der Waals surface area contributed by atoms with E-state index in [2.05, 4.69) is 16.0 Å². The highest BCUT2D eigenvalue weighted by atomic mass is 32.2. The van der Waals surface area contributed by atoms with E-state index in [0.29, 0.717) is 18.0 Å². The molecule has 25 heavy (non-hydrogen) atoms. The van der Waals surface area contributed by atoms with Crippen molar-refractivity contribution in [1.82, 2.24) is 10.6 Å². The fraction of sp³-hybridized carbons (Fsp3) is 0.471. The third kappa shape index (κ3) is 5.55. The Morgan fingerprint density at radius 1 is 1.40 bits per heavy atom. The molecule has 1 aromatic carbocycles. The van der Waals surface area contributed by atoms with Gasteiger partial charge in [0.25, 0.3) is 5.18 Å². The number of ether oxygens (including phenoxy) is 2. The first kappa shape index (κ1) is 19.4. The summed E-state index contributed by atoms with van der Waals surface area (Å²) >= 11 is 1.34. The van der Waals surface area contributed by atoms with Gasteiger partial charge in [-0.3, -0.25) is 5.73 Å². The molecule has 7 nitrogen and oxygen atoms in total. The number of hydrogen-bond acceptors (Lipinski definition) is 6. The second-order valence-electron chi connectivity index (χ2n) is 5.70. The Morgan fingerprint density at radius 3 is 2.76 bits per heavy atom. The maximum absolute atomic E-state index is 12.1. The molecule has 0 radical (unpaired) electrons. The number of methoxy groups -OCH3 is 1.